The molecule has 0 aliphatic carbocycles. The van der Waals surface area contributed by atoms with E-state index >= 15 is 0 Å². The van der Waals surface area contributed by atoms with Gasteiger partial charge in [0.25, 0.3) is 0 Å². The highest BCUT2D eigenvalue weighted by Crippen LogP contribution is 2.31. The van der Waals surface area contributed by atoms with Crippen LogP contribution in [-0.2, 0) is 16.1 Å². The summed E-state index contributed by atoms with van der Waals surface area (Å²) in [6.45, 7) is 1.44. The maximum atomic E-state index is 12.3. The largest absolute Gasteiger partial charge is 0.472 e. The molecule has 5 nitrogen and oxygen atoms in total. The summed E-state index contributed by atoms with van der Waals surface area (Å²) in [7, 11) is 0. The molecule has 98 valence electrons. The van der Waals surface area contributed by atoms with Crippen LogP contribution in [0.3, 0.4) is 0 Å². The molecular weight excluding hydrogens is 252 g/mol. The highest BCUT2D eigenvalue weighted by atomic mass is 32.1. The van der Waals surface area contributed by atoms with Gasteiger partial charge in [-0.3, -0.25) is 4.79 Å². The van der Waals surface area contributed by atoms with Crippen LogP contribution in [0.5, 0.6) is 0 Å². The zero-order valence-electron chi connectivity index (χ0n) is 9.98. The van der Waals surface area contributed by atoms with E-state index in [0.717, 1.165) is 5.56 Å². The van der Waals surface area contributed by atoms with Gasteiger partial charge in [0, 0.05) is 25.3 Å². The number of furan rings is 1. The summed E-state index contributed by atoms with van der Waals surface area (Å²) in [4.78, 5) is 12.5. The monoisotopic (exact) mass is 268 g/mol. The molecule has 1 aliphatic rings. The minimum absolute atomic E-state index is 0.125. The molecule has 1 aliphatic heterocycles. The highest BCUT2D eigenvalue weighted by molar-refractivity contribution is 7.80. The van der Waals surface area contributed by atoms with Crippen LogP contribution in [-0.4, -0.2) is 24.1 Å². The van der Waals surface area contributed by atoms with Crippen molar-refractivity contribution >= 4 is 23.1 Å². The van der Waals surface area contributed by atoms with Crippen LogP contribution in [0.1, 0.15) is 18.4 Å². The average Bonchev–Trinajstić information content (AvgIpc) is 2.89. The zero-order valence-corrected chi connectivity index (χ0v) is 10.8. The van der Waals surface area contributed by atoms with Crippen LogP contribution < -0.4 is 11.1 Å². The van der Waals surface area contributed by atoms with E-state index in [-0.39, 0.29) is 10.9 Å². The number of carbonyl (C=O) groups excluding carboxylic acids is 1. The predicted octanol–water partition coefficient (Wildman–Crippen LogP) is 0.979. The molecule has 0 aromatic carbocycles. The molecule has 1 aromatic rings. The second-order valence-corrected chi connectivity index (χ2v) is 4.81. The molecule has 1 amide bonds. The number of thiocarbonyl (C=S) groups is 1. The maximum absolute atomic E-state index is 12.3. The van der Waals surface area contributed by atoms with Crippen LogP contribution >= 0.6 is 12.2 Å². The third-order valence-corrected chi connectivity index (χ3v) is 3.68. The summed E-state index contributed by atoms with van der Waals surface area (Å²) < 4.78 is 10.2. The quantitative estimate of drug-likeness (QED) is 0.796. The van der Waals surface area contributed by atoms with E-state index < -0.39 is 5.41 Å². The Kier molecular flexibility index (Phi) is 3.98. The van der Waals surface area contributed by atoms with Crippen molar-refractivity contribution in [2.45, 2.75) is 19.4 Å². The standard InChI is InChI=1S/C12H16N2O3S/c13-10(18)12(2-5-16-6-3-12)11(15)14-7-9-1-4-17-8-9/h1,4,8H,2-3,5-7H2,(H2,13,18)(H,14,15). The van der Waals surface area contributed by atoms with Crippen LogP contribution in [0, 0.1) is 5.41 Å². The van der Waals surface area contributed by atoms with E-state index in [1.165, 1.54) is 0 Å². The fourth-order valence-corrected chi connectivity index (χ4v) is 2.35. The van der Waals surface area contributed by atoms with E-state index in [1.54, 1.807) is 18.6 Å². The van der Waals surface area contributed by atoms with E-state index in [9.17, 15) is 4.79 Å². The smallest absolute Gasteiger partial charge is 0.233 e. The van der Waals surface area contributed by atoms with Gasteiger partial charge in [-0.15, -0.1) is 0 Å². The minimum Gasteiger partial charge on any atom is -0.472 e. The van der Waals surface area contributed by atoms with Gasteiger partial charge in [-0.2, -0.15) is 0 Å². The normalized spacial score (nSPS) is 18.2. The Balaban J connectivity index is 2.02. The highest BCUT2D eigenvalue weighted by Gasteiger charge is 2.42. The molecule has 1 saturated heterocycles. The summed E-state index contributed by atoms with van der Waals surface area (Å²) in [6, 6.07) is 1.80. The number of carbonyl (C=O) groups is 1. The fourth-order valence-electron chi connectivity index (χ4n) is 2.05. The van der Waals surface area contributed by atoms with Gasteiger partial charge in [0.2, 0.25) is 5.91 Å². The summed E-state index contributed by atoms with van der Waals surface area (Å²) in [5.74, 6) is -0.125. The lowest BCUT2D eigenvalue weighted by Gasteiger charge is -2.34. The van der Waals surface area contributed by atoms with Gasteiger partial charge in [-0.05, 0) is 18.9 Å². The van der Waals surface area contributed by atoms with E-state index in [0.29, 0.717) is 32.6 Å². The molecule has 0 saturated carbocycles. The molecule has 1 aromatic heterocycles. The molecule has 2 heterocycles. The second-order valence-electron chi connectivity index (χ2n) is 4.37. The van der Waals surface area contributed by atoms with Crippen molar-refractivity contribution in [3.05, 3.63) is 24.2 Å². The van der Waals surface area contributed by atoms with E-state index in [4.69, 9.17) is 27.1 Å². The van der Waals surface area contributed by atoms with Crippen LogP contribution in [0.4, 0.5) is 0 Å². The molecule has 18 heavy (non-hydrogen) atoms. The number of hydrogen-bond donors (Lipinski definition) is 2. The van der Waals surface area contributed by atoms with Gasteiger partial charge in [0.15, 0.2) is 0 Å². The number of amides is 1. The summed E-state index contributed by atoms with van der Waals surface area (Å²) in [5, 5.41) is 2.85. The third-order valence-electron chi connectivity index (χ3n) is 3.29. The van der Waals surface area contributed by atoms with Crippen molar-refractivity contribution < 1.29 is 13.9 Å². The van der Waals surface area contributed by atoms with Gasteiger partial charge < -0.3 is 20.2 Å². The molecular formula is C12H16N2O3S. The average molecular weight is 268 g/mol. The number of rotatable bonds is 4. The Labute approximate surface area is 111 Å². The van der Waals surface area contributed by atoms with Gasteiger partial charge in [0.05, 0.1) is 17.5 Å². The zero-order chi connectivity index (χ0) is 13.0. The van der Waals surface area contributed by atoms with Crippen molar-refractivity contribution in [2.24, 2.45) is 11.1 Å². The number of hydrogen-bond acceptors (Lipinski definition) is 4. The Hall–Kier alpha value is -1.40. The lowest BCUT2D eigenvalue weighted by molar-refractivity contribution is -0.131. The lowest BCUT2D eigenvalue weighted by atomic mass is 9.79. The second kappa shape index (κ2) is 5.49. The van der Waals surface area contributed by atoms with Crippen molar-refractivity contribution in [3.8, 4) is 0 Å². The molecule has 6 heteroatoms. The third kappa shape index (κ3) is 2.54. The number of nitrogens with two attached hydrogens (primary N) is 1. The Morgan fingerprint density at radius 1 is 1.50 bits per heavy atom. The molecule has 0 bridgehead atoms. The van der Waals surface area contributed by atoms with Crippen molar-refractivity contribution in [1.82, 2.24) is 5.32 Å². The first kappa shape index (κ1) is 13.0. The van der Waals surface area contributed by atoms with Crippen molar-refractivity contribution in [3.63, 3.8) is 0 Å². The first-order valence-electron chi connectivity index (χ1n) is 5.82. The topological polar surface area (TPSA) is 77.5 Å². The van der Waals surface area contributed by atoms with Crippen LogP contribution in [0.2, 0.25) is 0 Å². The van der Waals surface area contributed by atoms with E-state index in [1.807, 2.05) is 0 Å². The summed E-state index contributed by atoms with van der Waals surface area (Å²) >= 11 is 5.06. The van der Waals surface area contributed by atoms with Gasteiger partial charge in [-0.25, -0.2) is 0 Å². The van der Waals surface area contributed by atoms with Gasteiger partial charge in [-0.1, -0.05) is 12.2 Å². The predicted molar refractivity (Wildman–Crippen MR) is 69.8 cm³/mol. The molecule has 2 rings (SSSR count). The molecule has 0 atom stereocenters. The fraction of sp³-hybridized carbons (Fsp3) is 0.500. The molecule has 0 unspecified atom stereocenters. The first-order chi connectivity index (χ1) is 8.65. The SMILES string of the molecule is NC(=S)C1(C(=O)NCc2ccoc2)CCOCC1. The molecule has 1 fully saturated rings. The van der Waals surface area contributed by atoms with Crippen LogP contribution in [0.25, 0.3) is 0 Å². The first-order valence-corrected chi connectivity index (χ1v) is 6.23. The minimum atomic E-state index is -0.767. The van der Waals surface area contributed by atoms with E-state index in [2.05, 4.69) is 5.32 Å². The Bertz CT molecular complexity index is 425. The molecule has 3 N–H and O–H groups in total. The maximum Gasteiger partial charge on any atom is 0.233 e. The summed E-state index contributed by atoms with van der Waals surface area (Å²) in [6.07, 6.45) is 4.25. The lowest BCUT2D eigenvalue weighted by Crippen LogP contribution is -2.51. The Morgan fingerprint density at radius 3 is 2.78 bits per heavy atom. The van der Waals surface area contributed by atoms with Gasteiger partial charge in [0.1, 0.15) is 5.41 Å². The Morgan fingerprint density at radius 2 is 2.22 bits per heavy atom. The van der Waals surface area contributed by atoms with Gasteiger partial charge >= 0.3 is 0 Å². The number of nitrogens with one attached hydrogen (secondary N) is 1. The molecule has 0 spiro atoms. The van der Waals surface area contributed by atoms with Crippen molar-refractivity contribution in [2.75, 3.05) is 13.2 Å². The molecule has 0 radical (unpaired) electrons. The van der Waals surface area contributed by atoms with Crippen molar-refractivity contribution in [1.29, 1.82) is 0 Å². The summed E-state index contributed by atoms with van der Waals surface area (Å²) in [5.41, 5.74) is 5.89. The number of ether oxygens (including phenoxy) is 1. The van der Waals surface area contributed by atoms with Crippen LogP contribution in [0.15, 0.2) is 23.0 Å².